The van der Waals surface area contributed by atoms with Crippen LogP contribution >= 0.6 is 0 Å². The molecule has 0 radical (unpaired) electrons. The molecule has 4 heteroatoms. The van der Waals surface area contributed by atoms with Crippen molar-refractivity contribution < 1.29 is 12.6 Å². The van der Waals surface area contributed by atoms with E-state index in [0.717, 1.165) is 0 Å². The van der Waals surface area contributed by atoms with Crippen LogP contribution in [0.3, 0.4) is 0 Å². The Hall–Kier alpha value is -1.13. The van der Waals surface area contributed by atoms with Crippen LogP contribution in [-0.2, 0) is 14.3 Å². The number of benzene rings is 1. The summed E-state index contributed by atoms with van der Waals surface area (Å²) in [4.78, 5) is 0.231. The smallest absolute Gasteiger partial charge is 0.266 e. The quantitative estimate of drug-likeness (QED) is 0.439. The van der Waals surface area contributed by atoms with E-state index in [9.17, 15) is 8.42 Å². The van der Waals surface area contributed by atoms with Crippen LogP contribution in [0.4, 0.5) is 0 Å². The van der Waals surface area contributed by atoms with Crippen molar-refractivity contribution in [3.05, 3.63) is 42.5 Å². The molecule has 0 amide bonds. The van der Waals surface area contributed by atoms with E-state index in [4.69, 9.17) is 4.18 Å². The minimum Gasteiger partial charge on any atom is -0.266 e. The predicted octanol–water partition coefficient (Wildman–Crippen LogP) is 2.28. The van der Waals surface area contributed by atoms with Gasteiger partial charge in [-0.15, -0.1) is 6.58 Å². The van der Waals surface area contributed by atoms with Crippen LogP contribution in [0.15, 0.2) is 41.8 Å². The molecule has 0 fully saturated rings. The summed E-state index contributed by atoms with van der Waals surface area (Å²) in [7, 11) is -3.61. The summed E-state index contributed by atoms with van der Waals surface area (Å²) in [6.45, 7) is 5.37. The molecule has 1 aromatic carbocycles. The van der Waals surface area contributed by atoms with E-state index in [1.807, 2.05) is 0 Å². The van der Waals surface area contributed by atoms with Gasteiger partial charge in [0.25, 0.3) is 10.1 Å². The van der Waals surface area contributed by atoms with Crippen LogP contribution in [0.25, 0.3) is 0 Å². The van der Waals surface area contributed by atoms with Gasteiger partial charge in [0.1, 0.15) is 0 Å². The summed E-state index contributed by atoms with van der Waals surface area (Å²) in [6, 6.07) is 6.75. The van der Waals surface area contributed by atoms with E-state index in [2.05, 4.69) is 6.58 Å². The summed E-state index contributed by atoms with van der Waals surface area (Å²) in [5.41, 5.74) is 0.691. The monoisotopic (exact) mass is 226 g/mol. The highest BCUT2D eigenvalue weighted by atomic mass is 32.2. The van der Waals surface area contributed by atoms with Crippen molar-refractivity contribution in [1.82, 2.24) is 0 Å². The Morgan fingerprint density at radius 2 is 2.07 bits per heavy atom. The van der Waals surface area contributed by atoms with Crippen LogP contribution in [-0.4, -0.2) is 15.0 Å². The van der Waals surface area contributed by atoms with Gasteiger partial charge in [0.2, 0.25) is 0 Å². The molecule has 1 rings (SSSR count). The van der Waals surface area contributed by atoms with Crippen LogP contribution in [0, 0.1) is 6.92 Å². The Bertz CT molecular complexity index is 435. The second kappa shape index (κ2) is 5.09. The lowest BCUT2D eigenvalue weighted by atomic mass is 10.2. The van der Waals surface area contributed by atoms with Crippen molar-refractivity contribution in [3.8, 4) is 0 Å². The van der Waals surface area contributed by atoms with Gasteiger partial charge in [-0.25, -0.2) is 0 Å². The van der Waals surface area contributed by atoms with Gasteiger partial charge in [-0.05, 0) is 25.0 Å². The number of aryl methyl sites for hydroxylation is 1. The maximum Gasteiger partial charge on any atom is 0.297 e. The standard InChI is InChI=1S/C11H14O3S/c1-3-4-9-14-15(12,13)11-8-6-5-7-10(11)2/h3,5-8H,1,4,9H2,2H3. The number of rotatable bonds is 5. The second-order valence-electron chi connectivity index (χ2n) is 3.12. The topological polar surface area (TPSA) is 43.4 Å². The summed E-state index contributed by atoms with van der Waals surface area (Å²) in [6.07, 6.45) is 2.14. The first kappa shape index (κ1) is 11.9. The molecule has 0 N–H and O–H groups in total. The van der Waals surface area contributed by atoms with Crippen LogP contribution in [0.5, 0.6) is 0 Å². The van der Waals surface area contributed by atoms with Gasteiger partial charge in [-0.2, -0.15) is 8.42 Å². The van der Waals surface area contributed by atoms with Gasteiger partial charge in [0.15, 0.2) is 0 Å². The van der Waals surface area contributed by atoms with E-state index in [1.54, 1.807) is 37.3 Å². The molecule has 0 atom stereocenters. The Kier molecular flexibility index (Phi) is 4.05. The molecule has 0 aliphatic rings. The third kappa shape index (κ3) is 3.18. The maximum atomic E-state index is 11.7. The minimum absolute atomic E-state index is 0.139. The van der Waals surface area contributed by atoms with Crippen molar-refractivity contribution in [1.29, 1.82) is 0 Å². The third-order valence-electron chi connectivity index (χ3n) is 1.92. The summed E-state index contributed by atoms with van der Waals surface area (Å²) >= 11 is 0. The number of hydrogen-bond donors (Lipinski definition) is 0. The second-order valence-corrected chi connectivity index (χ2v) is 4.70. The molecule has 3 nitrogen and oxygen atoms in total. The van der Waals surface area contributed by atoms with Crippen LogP contribution in [0.2, 0.25) is 0 Å². The fourth-order valence-corrected chi connectivity index (χ4v) is 2.29. The summed E-state index contributed by atoms with van der Waals surface area (Å²) in [5.74, 6) is 0. The number of hydrogen-bond acceptors (Lipinski definition) is 3. The molecule has 0 bridgehead atoms. The molecule has 1 aromatic rings. The van der Waals surface area contributed by atoms with Crippen LogP contribution < -0.4 is 0 Å². The summed E-state index contributed by atoms with van der Waals surface area (Å²) < 4.78 is 28.2. The van der Waals surface area contributed by atoms with E-state index in [0.29, 0.717) is 12.0 Å². The Balaban J connectivity index is 2.87. The van der Waals surface area contributed by atoms with Crippen molar-refractivity contribution in [2.24, 2.45) is 0 Å². The van der Waals surface area contributed by atoms with E-state index in [1.165, 1.54) is 0 Å². The highest BCUT2D eigenvalue weighted by Gasteiger charge is 2.16. The zero-order valence-electron chi connectivity index (χ0n) is 8.64. The maximum absolute atomic E-state index is 11.7. The predicted molar refractivity (Wildman–Crippen MR) is 59.1 cm³/mol. The van der Waals surface area contributed by atoms with Crippen molar-refractivity contribution in [3.63, 3.8) is 0 Å². The molecule has 0 aliphatic heterocycles. The molecule has 0 spiro atoms. The normalized spacial score (nSPS) is 11.3. The zero-order chi connectivity index (χ0) is 11.3. The lowest BCUT2D eigenvalue weighted by Gasteiger charge is -2.06. The first-order valence-electron chi connectivity index (χ1n) is 4.64. The fraction of sp³-hybridized carbons (Fsp3) is 0.273. The lowest BCUT2D eigenvalue weighted by Crippen LogP contribution is -2.08. The van der Waals surface area contributed by atoms with E-state index in [-0.39, 0.29) is 11.5 Å². The first-order valence-corrected chi connectivity index (χ1v) is 6.04. The summed E-state index contributed by atoms with van der Waals surface area (Å²) in [5, 5.41) is 0. The van der Waals surface area contributed by atoms with Gasteiger partial charge in [0.05, 0.1) is 11.5 Å². The molecule has 0 unspecified atom stereocenters. The van der Waals surface area contributed by atoms with Gasteiger partial charge in [-0.3, -0.25) is 4.18 Å². The molecule has 0 heterocycles. The van der Waals surface area contributed by atoms with Gasteiger partial charge >= 0.3 is 0 Å². The van der Waals surface area contributed by atoms with Gasteiger partial charge in [0, 0.05) is 0 Å². The molecule has 0 aromatic heterocycles. The highest BCUT2D eigenvalue weighted by molar-refractivity contribution is 7.86. The van der Waals surface area contributed by atoms with Crippen LogP contribution in [0.1, 0.15) is 12.0 Å². The molecular weight excluding hydrogens is 212 g/mol. The molecule has 15 heavy (non-hydrogen) atoms. The van der Waals surface area contributed by atoms with E-state index < -0.39 is 10.1 Å². The molecular formula is C11H14O3S. The molecule has 82 valence electrons. The fourth-order valence-electron chi connectivity index (χ4n) is 1.14. The molecule has 0 saturated carbocycles. The molecule has 0 aliphatic carbocycles. The minimum atomic E-state index is -3.61. The Morgan fingerprint density at radius 1 is 1.40 bits per heavy atom. The average Bonchev–Trinajstić information content (AvgIpc) is 2.18. The van der Waals surface area contributed by atoms with Crippen molar-refractivity contribution in [2.75, 3.05) is 6.61 Å². The first-order chi connectivity index (χ1) is 7.08. The highest BCUT2D eigenvalue weighted by Crippen LogP contribution is 2.16. The third-order valence-corrected chi connectivity index (χ3v) is 3.40. The Morgan fingerprint density at radius 3 is 2.67 bits per heavy atom. The SMILES string of the molecule is C=CCCOS(=O)(=O)c1ccccc1C. The van der Waals surface area contributed by atoms with Crippen molar-refractivity contribution in [2.45, 2.75) is 18.2 Å². The lowest BCUT2D eigenvalue weighted by molar-refractivity contribution is 0.324. The largest absolute Gasteiger partial charge is 0.297 e. The van der Waals surface area contributed by atoms with Gasteiger partial charge in [-0.1, -0.05) is 24.3 Å². The van der Waals surface area contributed by atoms with E-state index >= 15 is 0 Å². The average molecular weight is 226 g/mol. The van der Waals surface area contributed by atoms with Gasteiger partial charge < -0.3 is 0 Å². The Labute approximate surface area is 90.5 Å². The molecule has 0 saturated heterocycles. The van der Waals surface area contributed by atoms with Crippen molar-refractivity contribution >= 4 is 10.1 Å². The zero-order valence-corrected chi connectivity index (χ0v) is 9.46.